The fourth-order valence-electron chi connectivity index (χ4n) is 1.82. The minimum atomic E-state index is -4.37. The second-order valence-electron chi connectivity index (χ2n) is 4.25. The number of alkyl halides is 3. The van der Waals surface area contributed by atoms with Gasteiger partial charge < -0.3 is 5.11 Å². The Morgan fingerprint density at radius 2 is 1.95 bits per heavy atom. The number of halogens is 3. The van der Waals surface area contributed by atoms with Crippen LogP contribution in [0.5, 0.6) is 0 Å². The highest BCUT2D eigenvalue weighted by Crippen LogP contribution is 2.34. The lowest BCUT2D eigenvalue weighted by Crippen LogP contribution is -2.07. The van der Waals surface area contributed by atoms with Gasteiger partial charge in [-0.3, -0.25) is 0 Å². The maximum Gasteiger partial charge on any atom is 0.416 e. The van der Waals surface area contributed by atoms with Crippen LogP contribution in [0.3, 0.4) is 0 Å². The summed E-state index contributed by atoms with van der Waals surface area (Å²) in [6.45, 7) is 3.36. The second-order valence-corrected chi connectivity index (χ2v) is 5.52. The van der Waals surface area contributed by atoms with Crippen molar-refractivity contribution in [2.45, 2.75) is 26.1 Å². The van der Waals surface area contributed by atoms with E-state index in [-0.39, 0.29) is 0 Å². The van der Waals surface area contributed by atoms with Crippen LogP contribution in [0.15, 0.2) is 24.4 Å². The molecule has 0 aliphatic heterocycles. The molecule has 0 spiro atoms. The largest absolute Gasteiger partial charge is 0.416 e. The van der Waals surface area contributed by atoms with Gasteiger partial charge in [-0.15, -0.1) is 11.3 Å². The topological polar surface area (TPSA) is 33.1 Å². The molecule has 0 bridgehead atoms. The van der Waals surface area contributed by atoms with Gasteiger partial charge in [0.2, 0.25) is 0 Å². The molecule has 0 fully saturated rings. The minimum Gasteiger partial charge on any atom is -0.383 e. The number of aromatic nitrogens is 1. The number of aliphatic hydroxyl groups is 1. The van der Waals surface area contributed by atoms with Crippen LogP contribution in [0, 0.1) is 13.8 Å². The first-order valence-electron chi connectivity index (χ1n) is 5.57. The predicted molar refractivity (Wildman–Crippen MR) is 67.1 cm³/mol. The second kappa shape index (κ2) is 4.94. The van der Waals surface area contributed by atoms with Crippen LogP contribution >= 0.6 is 11.3 Å². The lowest BCUT2D eigenvalue weighted by molar-refractivity contribution is -0.137. The van der Waals surface area contributed by atoms with Gasteiger partial charge >= 0.3 is 6.18 Å². The van der Waals surface area contributed by atoms with E-state index >= 15 is 0 Å². The molecule has 2 aromatic rings. The molecular weight excluding hydrogens is 275 g/mol. The van der Waals surface area contributed by atoms with E-state index in [0.29, 0.717) is 16.0 Å². The van der Waals surface area contributed by atoms with Gasteiger partial charge in [0, 0.05) is 6.20 Å². The molecule has 6 heteroatoms. The average Bonchev–Trinajstić information content (AvgIpc) is 2.73. The van der Waals surface area contributed by atoms with E-state index in [1.165, 1.54) is 17.4 Å². The van der Waals surface area contributed by atoms with Crippen molar-refractivity contribution < 1.29 is 18.3 Å². The Kier molecular flexibility index (Phi) is 3.64. The molecule has 1 atom stereocenters. The zero-order chi connectivity index (χ0) is 14.2. The summed E-state index contributed by atoms with van der Waals surface area (Å²) in [4.78, 5) is 4.65. The monoisotopic (exact) mass is 287 g/mol. The molecule has 0 saturated carbocycles. The molecule has 19 heavy (non-hydrogen) atoms. The number of aliphatic hydroxyl groups excluding tert-OH is 1. The summed E-state index contributed by atoms with van der Waals surface area (Å²) in [7, 11) is 0. The molecule has 1 aromatic carbocycles. The van der Waals surface area contributed by atoms with Gasteiger partial charge in [0.1, 0.15) is 6.10 Å². The molecule has 1 heterocycles. The third-order valence-electron chi connectivity index (χ3n) is 2.80. The fourth-order valence-corrected chi connectivity index (χ4v) is 2.61. The van der Waals surface area contributed by atoms with Crippen LogP contribution < -0.4 is 0 Å². The van der Waals surface area contributed by atoms with Crippen LogP contribution in [0.25, 0.3) is 0 Å². The SMILES string of the molecule is Cc1ncc(C(O)c2ccc(C(F)(F)F)cc2C)s1. The summed E-state index contributed by atoms with van der Waals surface area (Å²) in [6, 6.07) is 3.35. The maximum absolute atomic E-state index is 12.6. The Morgan fingerprint density at radius 3 is 2.42 bits per heavy atom. The van der Waals surface area contributed by atoms with Crippen molar-refractivity contribution in [1.82, 2.24) is 4.98 Å². The summed E-state index contributed by atoms with van der Waals surface area (Å²) in [5.41, 5.74) is 0.173. The van der Waals surface area contributed by atoms with Gasteiger partial charge in [0.25, 0.3) is 0 Å². The fraction of sp³-hybridized carbons (Fsp3) is 0.308. The van der Waals surface area contributed by atoms with Gasteiger partial charge in [0.05, 0.1) is 15.4 Å². The van der Waals surface area contributed by atoms with Crippen molar-refractivity contribution in [3.05, 3.63) is 51.0 Å². The van der Waals surface area contributed by atoms with E-state index in [1.807, 2.05) is 0 Å². The van der Waals surface area contributed by atoms with Crippen LogP contribution in [0.4, 0.5) is 13.2 Å². The van der Waals surface area contributed by atoms with Gasteiger partial charge in [-0.2, -0.15) is 13.2 Å². The molecule has 1 unspecified atom stereocenters. The lowest BCUT2D eigenvalue weighted by atomic mass is 10.00. The zero-order valence-corrected chi connectivity index (χ0v) is 11.1. The molecule has 2 rings (SSSR count). The molecule has 0 amide bonds. The van der Waals surface area contributed by atoms with E-state index < -0.39 is 17.8 Å². The Labute approximate surface area is 112 Å². The summed E-state index contributed by atoms with van der Waals surface area (Å²) in [6.07, 6.45) is -3.76. The number of benzene rings is 1. The normalized spacial score (nSPS) is 13.6. The number of hydrogen-bond donors (Lipinski definition) is 1. The molecule has 0 saturated heterocycles. The van der Waals surface area contributed by atoms with Crippen molar-refractivity contribution in [2.75, 3.05) is 0 Å². The van der Waals surface area contributed by atoms with Crippen LogP contribution in [0.2, 0.25) is 0 Å². The van der Waals surface area contributed by atoms with Crippen molar-refractivity contribution in [1.29, 1.82) is 0 Å². The Morgan fingerprint density at radius 1 is 1.26 bits per heavy atom. The summed E-state index contributed by atoms with van der Waals surface area (Å²) in [5.74, 6) is 0. The third-order valence-corrected chi connectivity index (χ3v) is 3.77. The quantitative estimate of drug-likeness (QED) is 0.909. The van der Waals surface area contributed by atoms with Crippen LogP contribution in [-0.4, -0.2) is 10.1 Å². The van der Waals surface area contributed by atoms with E-state index in [4.69, 9.17) is 0 Å². The van der Waals surface area contributed by atoms with E-state index in [2.05, 4.69) is 4.98 Å². The van der Waals surface area contributed by atoms with Gasteiger partial charge in [-0.1, -0.05) is 6.07 Å². The standard InChI is InChI=1S/C13H12F3NOS/c1-7-5-9(13(14,15)16)3-4-10(7)12(18)11-6-17-8(2)19-11/h3-6,12,18H,1-2H3. The molecule has 1 aromatic heterocycles. The number of thiazole rings is 1. The molecule has 0 aliphatic rings. The third kappa shape index (κ3) is 2.96. The smallest absolute Gasteiger partial charge is 0.383 e. The number of rotatable bonds is 2. The molecule has 2 nitrogen and oxygen atoms in total. The van der Waals surface area contributed by atoms with Gasteiger partial charge in [-0.25, -0.2) is 4.98 Å². The molecule has 0 radical (unpaired) electrons. The van der Waals surface area contributed by atoms with Crippen molar-refractivity contribution in [2.24, 2.45) is 0 Å². The first-order chi connectivity index (χ1) is 8.79. The highest BCUT2D eigenvalue weighted by atomic mass is 32.1. The van der Waals surface area contributed by atoms with Crippen molar-refractivity contribution in [3.63, 3.8) is 0 Å². The summed E-state index contributed by atoms with van der Waals surface area (Å²) >= 11 is 1.33. The number of hydrogen-bond acceptors (Lipinski definition) is 3. The minimum absolute atomic E-state index is 0.411. The number of nitrogens with zero attached hydrogens (tertiary/aromatic N) is 1. The van der Waals surface area contributed by atoms with Crippen LogP contribution in [-0.2, 0) is 6.18 Å². The van der Waals surface area contributed by atoms with Gasteiger partial charge in [-0.05, 0) is 37.1 Å². The van der Waals surface area contributed by atoms with Crippen molar-refractivity contribution in [3.8, 4) is 0 Å². The first kappa shape index (κ1) is 14.0. The first-order valence-corrected chi connectivity index (χ1v) is 6.39. The van der Waals surface area contributed by atoms with Crippen LogP contribution in [0.1, 0.15) is 32.7 Å². The lowest BCUT2D eigenvalue weighted by Gasteiger charge is -2.14. The average molecular weight is 287 g/mol. The summed E-state index contributed by atoms with van der Waals surface area (Å²) in [5, 5.41) is 11.0. The van der Waals surface area contributed by atoms with Gasteiger partial charge in [0.15, 0.2) is 0 Å². The molecule has 0 aliphatic carbocycles. The van der Waals surface area contributed by atoms with E-state index in [0.717, 1.165) is 17.1 Å². The Balaban J connectivity index is 2.36. The Hall–Kier alpha value is -1.40. The maximum atomic E-state index is 12.6. The van der Waals surface area contributed by atoms with E-state index in [9.17, 15) is 18.3 Å². The summed E-state index contributed by atoms with van der Waals surface area (Å²) < 4.78 is 37.7. The highest BCUT2D eigenvalue weighted by Gasteiger charge is 2.31. The molecule has 1 N–H and O–H groups in total. The van der Waals surface area contributed by atoms with E-state index in [1.54, 1.807) is 20.0 Å². The molecule has 102 valence electrons. The zero-order valence-electron chi connectivity index (χ0n) is 10.3. The number of aryl methyl sites for hydroxylation is 2. The predicted octanol–water partition coefficient (Wildman–Crippen LogP) is 3.86. The Bertz CT molecular complexity index is 592. The molecular formula is C13H12F3NOS. The highest BCUT2D eigenvalue weighted by molar-refractivity contribution is 7.11. The van der Waals surface area contributed by atoms with Crippen molar-refractivity contribution >= 4 is 11.3 Å².